The molecule has 0 spiro atoms. The third-order valence-electron chi connectivity index (χ3n) is 3.97. The van der Waals surface area contributed by atoms with Gasteiger partial charge in [-0.2, -0.15) is 0 Å². The summed E-state index contributed by atoms with van der Waals surface area (Å²) < 4.78 is 0. The Labute approximate surface area is 131 Å². The van der Waals surface area contributed by atoms with Crippen molar-refractivity contribution in [1.29, 1.82) is 0 Å². The van der Waals surface area contributed by atoms with E-state index in [2.05, 4.69) is 68.9 Å². The standard InChI is InChI=1S/C18H33N3/c1-7-15(8-2)14-21(9-3)17-12-16(10-11-19-17)13-20-18(4,5)6/h10-12,15,20H,7-9,13-14H2,1-6H3. The van der Waals surface area contributed by atoms with E-state index in [4.69, 9.17) is 0 Å². The molecule has 1 aromatic rings. The highest BCUT2D eigenvalue weighted by Gasteiger charge is 2.13. The zero-order valence-electron chi connectivity index (χ0n) is 14.7. The van der Waals surface area contributed by atoms with Gasteiger partial charge in [0, 0.05) is 31.4 Å². The summed E-state index contributed by atoms with van der Waals surface area (Å²) in [5.41, 5.74) is 1.45. The lowest BCUT2D eigenvalue weighted by Crippen LogP contribution is -2.35. The fourth-order valence-electron chi connectivity index (χ4n) is 2.35. The highest BCUT2D eigenvalue weighted by atomic mass is 15.2. The Bertz CT molecular complexity index is 405. The van der Waals surface area contributed by atoms with Crippen LogP contribution in [0.25, 0.3) is 0 Å². The quantitative estimate of drug-likeness (QED) is 0.777. The molecule has 0 unspecified atom stereocenters. The molecule has 0 radical (unpaired) electrons. The average Bonchev–Trinajstić information content (AvgIpc) is 2.46. The van der Waals surface area contributed by atoms with E-state index in [1.807, 2.05) is 6.20 Å². The van der Waals surface area contributed by atoms with E-state index in [1.54, 1.807) is 0 Å². The molecule has 0 atom stereocenters. The minimum absolute atomic E-state index is 0.142. The average molecular weight is 291 g/mol. The van der Waals surface area contributed by atoms with Gasteiger partial charge < -0.3 is 10.2 Å². The van der Waals surface area contributed by atoms with Crippen LogP contribution >= 0.6 is 0 Å². The third kappa shape index (κ3) is 6.47. The van der Waals surface area contributed by atoms with Crippen molar-refractivity contribution < 1.29 is 0 Å². The Hall–Kier alpha value is -1.09. The summed E-state index contributed by atoms with van der Waals surface area (Å²) in [6.07, 6.45) is 4.40. The van der Waals surface area contributed by atoms with Gasteiger partial charge in [0.05, 0.1) is 0 Å². The summed E-state index contributed by atoms with van der Waals surface area (Å²) in [7, 11) is 0. The smallest absolute Gasteiger partial charge is 0.128 e. The SMILES string of the molecule is CCC(CC)CN(CC)c1cc(CNC(C)(C)C)ccn1. The number of aromatic nitrogens is 1. The second-order valence-electron chi connectivity index (χ2n) is 6.85. The molecule has 0 amide bonds. The fourth-order valence-corrected chi connectivity index (χ4v) is 2.35. The van der Waals surface area contributed by atoms with Crippen LogP contribution in [0.15, 0.2) is 18.3 Å². The molecule has 0 aliphatic rings. The Kier molecular flexibility index (Phi) is 7.16. The molecule has 3 heteroatoms. The third-order valence-corrected chi connectivity index (χ3v) is 3.97. The number of pyridine rings is 1. The molecule has 0 bridgehead atoms. The van der Waals surface area contributed by atoms with Gasteiger partial charge in [-0.1, -0.05) is 26.7 Å². The van der Waals surface area contributed by atoms with Crippen LogP contribution in [0.4, 0.5) is 5.82 Å². The van der Waals surface area contributed by atoms with Gasteiger partial charge in [0.25, 0.3) is 0 Å². The van der Waals surface area contributed by atoms with Crippen LogP contribution < -0.4 is 10.2 Å². The Morgan fingerprint density at radius 1 is 1.19 bits per heavy atom. The molecular formula is C18H33N3. The summed E-state index contributed by atoms with van der Waals surface area (Å²) in [5.74, 6) is 1.86. The molecular weight excluding hydrogens is 258 g/mol. The highest BCUT2D eigenvalue weighted by molar-refractivity contribution is 5.41. The minimum Gasteiger partial charge on any atom is -0.357 e. The van der Waals surface area contributed by atoms with Crippen molar-refractivity contribution in [3.63, 3.8) is 0 Å². The predicted molar refractivity (Wildman–Crippen MR) is 92.8 cm³/mol. The first-order valence-corrected chi connectivity index (χ1v) is 8.34. The van der Waals surface area contributed by atoms with Crippen molar-refractivity contribution in [3.05, 3.63) is 23.9 Å². The van der Waals surface area contributed by atoms with Gasteiger partial charge in [0.1, 0.15) is 5.82 Å². The van der Waals surface area contributed by atoms with Crippen LogP contribution in [-0.4, -0.2) is 23.6 Å². The van der Waals surface area contributed by atoms with Gasteiger partial charge in [-0.05, 0) is 51.3 Å². The van der Waals surface area contributed by atoms with Crippen LogP contribution in [0, 0.1) is 5.92 Å². The molecule has 1 aromatic heterocycles. The molecule has 3 nitrogen and oxygen atoms in total. The number of rotatable bonds is 8. The maximum absolute atomic E-state index is 4.57. The van der Waals surface area contributed by atoms with E-state index in [1.165, 1.54) is 18.4 Å². The molecule has 0 aliphatic heterocycles. The molecule has 0 saturated heterocycles. The molecule has 21 heavy (non-hydrogen) atoms. The maximum atomic E-state index is 4.57. The van der Waals surface area contributed by atoms with Gasteiger partial charge >= 0.3 is 0 Å². The highest BCUT2D eigenvalue weighted by Crippen LogP contribution is 2.17. The molecule has 1 rings (SSSR count). The first-order chi connectivity index (χ1) is 9.89. The van der Waals surface area contributed by atoms with E-state index >= 15 is 0 Å². The lowest BCUT2D eigenvalue weighted by Gasteiger charge is -2.27. The van der Waals surface area contributed by atoms with Gasteiger partial charge in [-0.15, -0.1) is 0 Å². The summed E-state index contributed by atoms with van der Waals surface area (Å²) in [4.78, 5) is 6.98. The predicted octanol–water partition coefficient (Wildman–Crippen LogP) is 4.23. The summed E-state index contributed by atoms with van der Waals surface area (Å²) >= 11 is 0. The number of anilines is 1. The van der Waals surface area contributed by atoms with Crippen molar-refractivity contribution in [1.82, 2.24) is 10.3 Å². The largest absolute Gasteiger partial charge is 0.357 e. The second-order valence-corrected chi connectivity index (χ2v) is 6.85. The first kappa shape index (κ1) is 18.0. The van der Waals surface area contributed by atoms with Crippen LogP contribution in [0.5, 0.6) is 0 Å². The fraction of sp³-hybridized carbons (Fsp3) is 0.722. The van der Waals surface area contributed by atoms with Crippen LogP contribution in [0.1, 0.15) is 59.9 Å². The van der Waals surface area contributed by atoms with E-state index in [-0.39, 0.29) is 5.54 Å². The van der Waals surface area contributed by atoms with E-state index in [0.29, 0.717) is 0 Å². The second kappa shape index (κ2) is 8.38. The number of nitrogens with one attached hydrogen (secondary N) is 1. The van der Waals surface area contributed by atoms with Crippen molar-refractivity contribution in [2.45, 2.75) is 66.5 Å². The van der Waals surface area contributed by atoms with Crippen molar-refractivity contribution in [2.24, 2.45) is 5.92 Å². The van der Waals surface area contributed by atoms with Crippen LogP contribution in [0.2, 0.25) is 0 Å². The van der Waals surface area contributed by atoms with Gasteiger partial charge in [-0.25, -0.2) is 4.98 Å². The Morgan fingerprint density at radius 2 is 1.86 bits per heavy atom. The van der Waals surface area contributed by atoms with Gasteiger partial charge in [0.2, 0.25) is 0 Å². The molecule has 0 aliphatic carbocycles. The van der Waals surface area contributed by atoms with Gasteiger partial charge in [-0.3, -0.25) is 0 Å². The lowest BCUT2D eigenvalue weighted by molar-refractivity contribution is 0.424. The number of hydrogen-bond acceptors (Lipinski definition) is 3. The summed E-state index contributed by atoms with van der Waals surface area (Å²) in [5, 5.41) is 3.54. The molecule has 0 aromatic carbocycles. The monoisotopic (exact) mass is 291 g/mol. The van der Waals surface area contributed by atoms with E-state index < -0.39 is 0 Å². The lowest BCUT2D eigenvalue weighted by atomic mass is 10.0. The Balaban J connectivity index is 2.76. The van der Waals surface area contributed by atoms with Crippen molar-refractivity contribution >= 4 is 5.82 Å². The van der Waals surface area contributed by atoms with Gasteiger partial charge in [0.15, 0.2) is 0 Å². The zero-order valence-corrected chi connectivity index (χ0v) is 14.7. The Morgan fingerprint density at radius 3 is 2.38 bits per heavy atom. The zero-order chi connectivity index (χ0) is 15.9. The molecule has 120 valence electrons. The van der Waals surface area contributed by atoms with Crippen molar-refractivity contribution in [3.8, 4) is 0 Å². The molecule has 0 fully saturated rings. The molecule has 1 N–H and O–H groups in total. The minimum atomic E-state index is 0.142. The first-order valence-electron chi connectivity index (χ1n) is 8.34. The van der Waals surface area contributed by atoms with E-state index in [9.17, 15) is 0 Å². The molecule has 1 heterocycles. The molecule has 0 saturated carbocycles. The normalized spacial score (nSPS) is 12.0. The number of nitrogens with zero attached hydrogens (tertiary/aromatic N) is 2. The summed E-state index contributed by atoms with van der Waals surface area (Å²) in [6, 6.07) is 4.33. The van der Waals surface area contributed by atoms with Crippen LogP contribution in [0.3, 0.4) is 0 Å². The number of hydrogen-bond donors (Lipinski definition) is 1. The van der Waals surface area contributed by atoms with Crippen molar-refractivity contribution in [2.75, 3.05) is 18.0 Å². The van der Waals surface area contributed by atoms with Crippen LogP contribution in [-0.2, 0) is 6.54 Å². The van der Waals surface area contributed by atoms with E-state index in [0.717, 1.165) is 31.4 Å². The maximum Gasteiger partial charge on any atom is 0.128 e. The summed E-state index contributed by atoms with van der Waals surface area (Å²) in [6.45, 7) is 16.4. The topological polar surface area (TPSA) is 28.2 Å².